The van der Waals surface area contributed by atoms with Crippen molar-refractivity contribution in [2.45, 2.75) is 32.4 Å². The average molecular weight is 330 g/mol. The van der Waals surface area contributed by atoms with Gasteiger partial charge in [0, 0.05) is 25.2 Å². The zero-order valence-corrected chi connectivity index (χ0v) is 14.1. The lowest BCUT2D eigenvalue weighted by Crippen LogP contribution is -2.50. The van der Waals surface area contributed by atoms with Gasteiger partial charge < -0.3 is 10.1 Å². The van der Waals surface area contributed by atoms with Gasteiger partial charge in [-0.2, -0.15) is 5.21 Å². The van der Waals surface area contributed by atoms with E-state index in [1.807, 2.05) is 45.0 Å². The molecule has 3 rings (SSSR count). The molecule has 128 valence electrons. The predicted molar refractivity (Wildman–Crippen MR) is 88.2 cm³/mol. The smallest absolute Gasteiger partial charge is 0.410 e. The summed E-state index contributed by atoms with van der Waals surface area (Å²) in [5.41, 5.74) is 1.35. The van der Waals surface area contributed by atoms with Crippen molar-refractivity contribution in [2.24, 2.45) is 0 Å². The van der Waals surface area contributed by atoms with Crippen LogP contribution < -0.4 is 5.32 Å². The van der Waals surface area contributed by atoms with Crippen LogP contribution in [0.3, 0.4) is 0 Å². The first-order valence-electron chi connectivity index (χ1n) is 7.98. The lowest BCUT2D eigenvalue weighted by molar-refractivity contribution is 0.0118. The Hall–Kier alpha value is -2.48. The Morgan fingerprint density at radius 2 is 2.21 bits per heavy atom. The molecule has 1 aliphatic heterocycles. The van der Waals surface area contributed by atoms with Crippen molar-refractivity contribution in [3.05, 3.63) is 29.8 Å². The quantitative estimate of drug-likeness (QED) is 0.871. The second-order valence-electron chi connectivity index (χ2n) is 6.75. The van der Waals surface area contributed by atoms with Crippen LogP contribution in [0.2, 0.25) is 0 Å². The molecule has 0 saturated carbocycles. The Bertz CT molecular complexity index is 695. The summed E-state index contributed by atoms with van der Waals surface area (Å²) < 4.78 is 5.55. The van der Waals surface area contributed by atoms with Gasteiger partial charge in [0.1, 0.15) is 5.60 Å². The molecule has 1 fully saturated rings. The van der Waals surface area contributed by atoms with E-state index in [4.69, 9.17) is 4.74 Å². The maximum Gasteiger partial charge on any atom is 0.410 e. The molecule has 0 spiro atoms. The summed E-state index contributed by atoms with van der Waals surface area (Å²) in [6.45, 7) is 7.65. The zero-order valence-electron chi connectivity index (χ0n) is 14.1. The van der Waals surface area contributed by atoms with Crippen LogP contribution in [0.1, 0.15) is 32.4 Å². The minimum absolute atomic E-state index is 0.0968. The third-order valence-corrected chi connectivity index (χ3v) is 3.75. The molecule has 1 unspecified atom stereocenters. The van der Waals surface area contributed by atoms with Crippen LogP contribution in [0.15, 0.2) is 24.3 Å². The number of aromatic amines is 1. The fourth-order valence-electron chi connectivity index (χ4n) is 2.71. The van der Waals surface area contributed by atoms with Gasteiger partial charge in [-0.3, -0.25) is 4.90 Å². The van der Waals surface area contributed by atoms with E-state index >= 15 is 0 Å². The number of tetrazole rings is 1. The lowest BCUT2D eigenvalue weighted by atomic mass is 10.0. The molecule has 1 amide bonds. The summed E-state index contributed by atoms with van der Waals surface area (Å²) in [5, 5.41) is 17.4. The van der Waals surface area contributed by atoms with E-state index in [1.54, 1.807) is 4.90 Å². The summed E-state index contributed by atoms with van der Waals surface area (Å²) in [4.78, 5) is 14.3. The molecule has 0 radical (unpaired) electrons. The Morgan fingerprint density at radius 3 is 2.92 bits per heavy atom. The van der Waals surface area contributed by atoms with Gasteiger partial charge in [0.05, 0.1) is 6.04 Å². The highest BCUT2D eigenvalue weighted by molar-refractivity contribution is 5.69. The number of ether oxygens (including phenoxy) is 1. The standard InChI is InChI=1S/C16H22N6O2/c1-16(2,3)24-15(23)22-8-7-17-10-13(22)11-5-4-6-12(9-11)14-18-20-21-19-14/h4-6,9,13,17H,7-8,10H2,1-3H3,(H,18,19,20,21). The topological polar surface area (TPSA) is 96.0 Å². The maximum absolute atomic E-state index is 12.5. The van der Waals surface area contributed by atoms with E-state index in [0.29, 0.717) is 18.9 Å². The van der Waals surface area contributed by atoms with Gasteiger partial charge in [0.2, 0.25) is 5.82 Å². The molecule has 1 aliphatic rings. The molecule has 1 aromatic carbocycles. The summed E-state index contributed by atoms with van der Waals surface area (Å²) in [5.74, 6) is 0.532. The summed E-state index contributed by atoms with van der Waals surface area (Å²) in [7, 11) is 0. The molecule has 2 aromatic rings. The van der Waals surface area contributed by atoms with E-state index < -0.39 is 5.60 Å². The third-order valence-electron chi connectivity index (χ3n) is 3.75. The second kappa shape index (κ2) is 6.56. The Balaban J connectivity index is 1.85. The van der Waals surface area contributed by atoms with E-state index in [0.717, 1.165) is 17.7 Å². The number of benzene rings is 1. The molecule has 1 saturated heterocycles. The number of aromatic nitrogens is 4. The first-order chi connectivity index (χ1) is 11.4. The fraction of sp³-hybridized carbons (Fsp3) is 0.500. The molecule has 2 heterocycles. The molecule has 0 aliphatic carbocycles. The van der Waals surface area contributed by atoms with Gasteiger partial charge in [0.25, 0.3) is 0 Å². The van der Waals surface area contributed by atoms with Crippen LogP contribution in [0.5, 0.6) is 0 Å². The Labute approximate surface area is 140 Å². The van der Waals surface area contributed by atoms with Crippen molar-refractivity contribution in [3.63, 3.8) is 0 Å². The Kier molecular flexibility index (Phi) is 4.48. The van der Waals surface area contributed by atoms with Gasteiger partial charge >= 0.3 is 6.09 Å². The second-order valence-corrected chi connectivity index (χ2v) is 6.75. The van der Waals surface area contributed by atoms with Crippen LogP contribution in [0.25, 0.3) is 11.4 Å². The minimum atomic E-state index is -0.515. The number of nitrogens with zero attached hydrogens (tertiary/aromatic N) is 4. The van der Waals surface area contributed by atoms with Crippen LogP contribution >= 0.6 is 0 Å². The van der Waals surface area contributed by atoms with Gasteiger partial charge in [-0.15, -0.1) is 10.2 Å². The number of hydrogen-bond donors (Lipinski definition) is 2. The number of rotatable bonds is 2. The number of carbonyl (C=O) groups is 1. The molecule has 8 heteroatoms. The van der Waals surface area contributed by atoms with Crippen molar-refractivity contribution in [2.75, 3.05) is 19.6 Å². The van der Waals surface area contributed by atoms with Crippen LogP contribution in [-0.2, 0) is 4.74 Å². The normalized spacial score (nSPS) is 18.5. The van der Waals surface area contributed by atoms with Crippen molar-refractivity contribution in [1.82, 2.24) is 30.8 Å². The first-order valence-corrected chi connectivity index (χ1v) is 7.98. The molecular formula is C16H22N6O2. The highest BCUT2D eigenvalue weighted by atomic mass is 16.6. The van der Waals surface area contributed by atoms with E-state index in [9.17, 15) is 4.79 Å². The van der Waals surface area contributed by atoms with Crippen molar-refractivity contribution in [3.8, 4) is 11.4 Å². The minimum Gasteiger partial charge on any atom is -0.444 e. The first kappa shape index (κ1) is 16.4. The van der Waals surface area contributed by atoms with Gasteiger partial charge in [-0.25, -0.2) is 4.79 Å². The Morgan fingerprint density at radius 1 is 1.38 bits per heavy atom. The molecule has 1 aromatic heterocycles. The number of nitrogens with one attached hydrogen (secondary N) is 2. The van der Waals surface area contributed by atoms with Gasteiger partial charge in [-0.1, -0.05) is 18.2 Å². The highest BCUT2D eigenvalue weighted by Crippen LogP contribution is 2.27. The number of H-pyrrole nitrogens is 1. The van der Waals surface area contributed by atoms with Gasteiger partial charge in [0.15, 0.2) is 0 Å². The molecule has 8 nitrogen and oxygen atoms in total. The SMILES string of the molecule is CC(C)(C)OC(=O)N1CCNCC1c1cccc(-c2nn[nH]n2)c1. The number of carbonyl (C=O) groups excluding carboxylic acids is 1. The monoisotopic (exact) mass is 330 g/mol. The summed E-state index contributed by atoms with van der Waals surface area (Å²) >= 11 is 0. The zero-order chi connectivity index (χ0) is 17.2. The molecule has 24 heavy (non-hydrogen) atoms. The average Bonchev–Trinajstić information content (AvgIpc) is 3.08. The van der Waals surface area contributed by atoms with Gasteiger partial charge in [-0.05, 0) is 37.6 Å². The number of hydrogen-bond acceptors (Lipinski definition) is 6. The predicted octanol–water partition coefficient (Wildman–Crippen LogP) is 1.75. The maximum atomic E-state index is 12.5. The third kappa shape index (κ3) is 3.70. The number of piperazine rings is 1. The largest absolute Gasteiger partial charge is 0.444 e. The van der Waals surface area contributed by atoms with Crippen molar-refractivity contribution >= 4 is 6.09 Å². The van der Waals surface area contributed by atoms with Crippen LogP contribution in [-0.4, -0.2) is 56.9 Å². The van der Waals surface area contributed by atoms with Crippen molar-refractivity contribution in [1.29, 1.82) is 0 Å². The van der Waals surface area contributed by atoms with Crippen molar-refractivity contribution < 1.29 is 9.53 Å². The molecule has 0 bridgehead atoms. The van der Waals surface area contributed by atoms with E-state index in [-0.39, 0.29) is 12.1 Å². The number of amides is 1. The molecule has 2 N–H and O–H groups in total. The highest BCUT2D eigenvalue weighted by Gasteiger charge is 2.31. The van der Waals surface area contributed by atoms with Crippen LogP contribution in [0.4, 0.5) is 4.79 Å². The van der Waals surface area contributed by atoms with Crippen LogP contribution in [0, 0.1) is 0 Å². The molecule has 1 atom stereocenters. The van der Waals surface area contributed by atoms with E-state index in [1.165, 1.54) is 0 Å². The lowest BCUT2D eigenvalue weighted by Gasteiger charge is -2.37. The van der Waals surface area contributed by atoms with E-state index in [2.05, 4.69) is 25.9 Å². The fourth-order valence-corrected chi connectivity index (χ4v) is 2.71. The summed E-state index contributed by atoms with van der Waals surface area (Å²) in [6.07, 6.45) is -0.293. The molecular weight excluding hydrogens is 308 g/mol. The summed E-state index contributed by atoms with van der Waals surface area (Å²) in [6, 6.07) is 7.74.